The van der Waals surface area contributed by atoms with Crippen LogP contribution in [0.2, 0.25) is 0 Å². The fourth-order valence-corrected chi connectivity index (χ4v) is 2.09. The van der Waals surface area contributed by atoms with E-state index in [4.69, 9.17) is 15.3 Å². The molecular formula is C17H17F3N2O3. The van der Waals surface area contributed by atoms with E-state index in [1.807, 2.05) is 0 Å². The molecule has 5 nitrogen and oxygen atoms in total. The van der Waals surface area contributed by atoms with Gasteiger partial charge in [0.2, 0.25) is 0 Å². The fourth-order valence-electron chi connectivity index (χ4n) is 2.09. The number of amides is 1. The summed E-state index contributed by atoms with van der Waals surface area (Å²) in [5, 5.41) is 0.826. The van der Waals surface area contributed by atoms with Gasteiger partial charge in [-0.15, -0.1) is 0 Å². The molecule has 0 radical (unpaired) electrons. The molecule has 0 saturated carbocycles. The maximum Gasteiger partial charge on any atom is 0.428 e. The van der Waals surface area contributed by atoms with Crippen molar-refractivity contribution in [1.82, 2.24) is 0 Å². The van der Waals surface area contributed by atoms with Crippen molar-refractivity contribution in [3.8, 4) is 5.75 Å². The fraction of sp³-hybridized carbons (Fsp3) is 0.235. The Morgan fingerprint density at radius 1 is 1.12 bits per heavy atom. The van der Waals surface area contributed by atoms with Gasteiger partial charge in [-0.3, -0.25) is 0 Å². The Labute approximate surface area is 142 Å². The molecule has 0 aliphatic carbocycles. The van der Waals surface area contributed by atoms with Crippen LogP contribution >= 0.6 is 0 Å². The van der Waals surface area contributed by atoms with E-state index in [0.717, 1.165) is 11.1 Å². The number of hydrogen-bond acceptors (Lipinski definition) is 4. The predicted molar refractivity (Wildman–Crippen MR) is 85.9 cm³/mol. The van der Waals surface area contributed by atoms with Crippen LogP contribution in [-0.4, -0.2) is 12.7 Å². The van der Waals surface area contributed by atoms with Gasteiger partial charge >= 0.3 is 12.3 Å². The summed E-state index contributed by atoms with van der Waals surface area (Å²) in [5.41, 5.74) is -0.338. The topological polar surface area (TPSA) is 64.8 Å². The zero-order chi connectivity index (χ0) is 18.4. The molecule has 0 unspecified atom stereocenters. The minimum absolute atomic E-state index is 0.0334. The number of anilines is 1. The quantitative estimate of drug-likeness (QED) is 0.498. The molecule has 2 aromatic carbocycles. The molecule has 2 aromatic rings. The zero-order valence-electron chi connectivity index (χ0n) is 13.4. The summed E-state index contributed by atoms with van der Waals surface area (Å²) in [7, 11) is 0. The van der Waals surface area contributed by atoms with Gasteiger partial charge < -0.3 is 9.47 Å². The molecule has 134 valence electrons. The van der Waals surface area contributed by atoms with Crippen molar-refractivity contribution in [1.29, 1.82) is 0 Å². The predicted octanol–water partition coefficient (Wildman–Crippen LogP) is 4.12. The molecule has 0 fully saturated rings. The van der Waals surface area contributed by atoms with Crippen LogP contribution in [0.4, 0.5) is 23.7 Å². The third kappa shape index (κ3) is 4.87. The lowest BCUT2D eigenvalue weighted by Crippen LogP contribution is -2.37. The normalized spacial score (nSPS) is 11.1. The summed E-state index contributed by atoms with van der Waals surface area (Å²) in [6.45, 7) is 1.60. The molecular weight excluding hydrogens is 337 g/mol. The minimum atomic E-state index is -4.44. The van der Waals surface area contributed by atoms with Crippen molar-refractivity contribution in [3.05, 3.63) is 59.7 Å². The van der Waals surface area contributed by atoms with Gasteiger partial charge in [-0.2, -0.15) is 13.2 Å². The molecule has 0 saturated heterocycles. The monoisotopic (exact) mass is 354 g/mol. The molecule has 0 heterocycles. The molecule has 0 aliphatic heterocycles. The van der Waals surface area contributed by atoms with Crippen molar-refractivity contribution in [2.45, 2.75) is 19.7 Å². The summed E-state index contributed by atoms with van der Waals surface area (Å²) in [5.74, 6) is 5.95. The first-order valence-electron chi connectivity index (χ1n) is 7.42. The van der Waals surface area contributed by atoms with Gasteiger partial charge in [-0.1, -0.05) is 18.2 Å². The van der Waals surface area contributed by atoms with Gasteiger partial charge in [0.1, 0.15) is 12.4 Å². The van der Waals surface area contributed by atoms with E-state index in [1.54, 1.807) is 6.92 Å². The van der Waals surface area contributed by atoms with Gasteiger partial charge in [-0.05, 0) is 37.3 Å². The van der Waals surface area contributed by atoms with Gasteiger partial charge in [0.05, 0.1) is 17.9 Å². The van der Waals surface area contributed by atoms with Crippen LogP contribution in [0.3, 0.4) is 0 Å². The first kappa shape index (κ1) is 18.6. The Hall–Kier alpha value is -2.74. The average molecular weight is 354 g/mol. The molecule has 0 bridgehead atoms. The number of halogens is 3. The second-order valence-corrected chi connectivity index (χ2v) is 5.01. The molecule has 0 spiro atoms. The van der Waals surface area contributed by atoms with E-state index in [1.165, 1.54) is 42.5 Å². The number of rotatable bonds is 5. The highest BCUT2D eigenvalue weighted by molar-refractivity contribution is 5.86. The first-order chi connectivity index (χ1) is 11.8. The molecule has 2 N–H and O–H groups in total. The van der Waals surface area contributed by atoms with Crippen LogP contribution in [0.15, 0.2) is 48.5 Å². The second-order valence-electron chi connectivity index (χ2n) is 5.01. The lowest BCUT2D eigenvalue weighted by atomic mass is 10.1. The largest absolute Gasteiger partial charge is 0.489 e. The molecule has 0 atom stereocenters. The number of ether oxygens (including phenoxy) is 2. The summed E-state index contributed by atoms with van der Waals surface area (Å²) < 4.78 is 49.0. The lowest BCUT2D eigenvalue weighted by Gasteiger charge is -2.16. The average Bonchev–Trinajstić information content (AvgIpc) is 2.59. The maximum atomic E-state index is 12.9. The van der Waals surface area contributed by atoms with E-state index in [9.17, 15) is 18.0 Å². The van der Waals surface area contributed by atoms with Crippen molar-refractivity contribution in [3.63, 3.8) is 0 Å². The molecule has 25 heavy (non-hydrogen) atoms. The van der Waals surface area contributed by atoms with Crippen LogP contribution in [0.5, 0.6) is 5.75 Å². The van der Waals surface area contributed by atoms with Gasteiger partial charge in [-0.25, -0.2) is 15.6 Å². The van der Waals surface area contributed by atoms with Crippen LogP contribution < -0.4 is 15.6 Å². The molecule has 2 rings (SSSR count). The van der Waals surface area contributed by atoms with Gasteiger partial charge in [0.25, 0.3) is 0 Å². The maximum absolute atomic E-state index is 12.9. The van der Waals surface area contributed by atoms with E-state index in [0.29, 0.717) is 11.4 Å². The molecule has 1 amide bonds. The number of nitrogens with zero attached hydrogens (tertiary/aromatic N) is 1. The summed E-state index contributed by atoms with van der Waals surface area (Å²) in [6, 6.07) is 11.2. The number of benzene rings is 2. The van der Waals surface area contributed by atoms with E-state index < -0.39 is 17.8 Å². The van der Waals surface area contributed by atoms with Crippen molar-refractivity contribution in [2.75, 3.05) is 11.6 Å². The molecule has 0 aromatic heterocycles. The molecule has 0 aliphatic rings. The van der Waals surface area contributed by atoms with Gasteiger partial charge in [0, 0.05) is 5.56 Å². The van der Waals surface area contributed by atoms with Crippen molar-refractivity contribution in [2.24, 2.45) is 5.84 Å². The summed E-state index contributed by atoms with van der Waals surface area (Å²) in [4.78, 5) is 11.5. The SMILES string of the molecule is CCOC(=O)N(N)c1ccc(OCc2ccccc2C(F)(F)F)cc1. The number of carbonyl (C=O) groups excluding carboxylic acids is 1. The van der Waals surface area contributed by atoms with Gasteiger partial charge in [0.15, 0.2) is 0 Å². The van der Waals surface area contributed by atoms with Crippen molar-refractivity contribution < 1.29 is 27.4 Å². The number of alkyl halides is 3. The lowest BCUT2D eigenvalue weighted by molar-refractivity contribution is -0.138. The highest BCUT2D eigenvalue weighted by Crippen LogP contribution is 2.32. The number of hydrogen-bond donors (Lipinski definition) is 1. The van der Waals surface area contributed by atoms with Crippen LogP contribution in [-0.2, 0) is 17.5 Å². The van der Waals surface area contributed by atoms with Crippen LogP contribution in [0.1, 0.15) is 18.1 Å². The Morgan fingerprint density at radius 3 is 2.36 bits per heavy atom. The van der Waals surface area contributed by atoms with E-state index in [2.05, 4.69) is 0 Å². The Morgan fingerprint density at radius 2 is 1.76 bits per heavy atom. The van der Waals surface area contributed by atoms with Crippen LogP contribution in [0.25, 0.3) is 0 Å². The smallest absolute Gasteiger partial charge is 0.428 e. The first-order valence-corrected chi connectivity index (χ1v) is 7.42. The Balaban J connectivity index is 2.05. The number of carbonyl (C=O) groups is 1. The Bertz CT molecular complexity index is 718. The summed E-state index contributed by atoms with van der Waals surface area (Å²) in [6.07, 6.45) is -5.15. The highest BCUT2D eigenvalue weighted by Gasteiger charge is 2.32. The van der Waals surface area contributed by atoms with Crippen LogP contribution in [0, 0.1) is 0 Å². The van der Waals surface area contributed by atoms with E-state index >= 15 is 0 Å². The third-order valence-corrected chi connectivity index (χ3v) is 3.30. The number of hydrazine groups is 1. The standard InChI is InChI=1S/C17H17F3N2O3/c1-2-24-16(23)22(21)13-7-9-14(10-8-13)25-11-12-5-3-4-6-15(12)17(18,19)20/h3-10H,2,11,21H2,1H3. The molecule has 8 heteroatoms. The zero-order valence-corrected chi connectivity index (χ0v) is 13.4. The Kier molecular flexibility index (Phi) is 5.87. The van der Waals surface area contributed by atoms with Crippen molar-refractivity contribution >= 4 is 11.8 Å². The minimum Gasteiger partial charge on any atom is -0.489 e. The highest BCUT2D eigenvalue weighted by atomic mass is 19.4. The summed E-state index contributed by atoms with van der Waals surface area (Å²) >= 11 is 0. The number of nitrogens with two attached hydrogens (primary N) is 1. The second kappa shape index (κ2) is 7.89. The third-order valence-electron chi connectivity index (χ3n) is 3.30. The van der Waals surface area contributed by atoms with E-state index in [-0.39, 0.29) is 18.8 Å².